The van der Waals surface area contributed by atoms with Gasteiger partial charge in [0.15, 0.2) is 5.71 Å². The second-order valence-corrected chi connectivity index (χ2v) is 3.17. The molecule has 1 aromatic carbocycles. The number of hydrogen-bond donors (Lipinski definition) is 1. The first-order valence-corrected chi connectivity index (χ1v) is 5.06. The quantitative estimate of drug-likeness (QED) is 0.618. The minimum Gasteiger partial charge on any atom is -0.434 e. The minimum atomic E-state index is -0.111. The van der Waals surface area contributed by atoms with Crippen LogP contribution in [0.3, 0.4) is 0 Å². The number of ether oxygens (including phenoxy) is 1. The number of rotatable bonds is 4. The van der Waals surface area contributed by atoms with Gasteiger partial charge in [-0.15, -0.1) is 0 Å². The van der Waals surface area contributed by atoms with Gasteiger partial charge < -0.3 is 19.5 Å². The van der Waals surface area contributed by atoms with Crippen molar-refractivity contribution >= 4 is 11.6 Å². The van der Waals surface area contributed by atoms with Crippen LogP contribution in [0.5, 0.6) is 5.75 Å². The van der Waals surface area contributed by atoms with E-state index in [2.05, 4.69) is 10.3 Å². The lowest BCUT2D eigenvalue weighted by molar-refractivity contribution is 0.0960. The molecule has 2 rings (SSSR count). The standard InChI is InChI=1S/C11H12N2O4/c1-15-12-10-8-4-2-3-5-9(8)17-11(10)13-16-7-6-14/h2-5,14H,6-7H2,1H3/b12-10-,13-11-. The highest BCUT2D eigenvalue weighted by Gasteiger charge is 2.28. The minimum absolute atomic E-state index is 0.101. The molecular weight excluding hydrogens is 224 g/mol. The molecule has 1 aliphatic rings. The number of aliphatic hydroxyl groups excluding tert-OH is 1. The lowest BCUT2D eigenvalue weighted by atomic mass is 10.1. The Morgan fingerprint density at radius 1 is 1.29 bits per heavy atom. The normalized spacial score (nSPS) is 18.0. The molecule has 0 saturated heterocycles. The predicted octanol–water partition coefficient (Wildman–Crippen LogP) is 0.752. The van der Waals surface area contributed by atoms with Crippen molar-refractivity contribution in [3.05, 3.63) is 29.8 Å². The Hall–Kier alpha value is -2.08. The van der Waals surface area contributed by atoms with Gasteiger partial charge in [0.25, 0.3) is 5.90 Å². The summed E-state index contributed by atoms with van der Waals surface area (Å²) >= 11 is 0. The SMILES string of the molecule is CO/N=C1\C(=N\OCCO)Oc2ccccc21. The molecule has 17 heavy (non-hydrogen) atoms. The van der Waals surface area contributed by atoms with Crippen molar-refractivity contribution in [3.63, 3.8) is 0 Å². The first-order chi connectivity index (χ1) is 8.36. The van der Waals surface area contributed by atoms with Crippen molar-refractivity contribution < 1.29 is 19.5 Å². The third-order valence-corrected chi connectivity index (χ3v) is 2.06. The molecule has 90 valence electrons. The first kappa shape index (κ1) is 11.4. The third-order valence-electron chi connectivity index (χ3n) is 2.06. The Balaban J connectivity index is 2.27. The number of oxime groups is 2. The number of fused-ring (bicyclic) bond motifs is 1. The van der Waals surface area contributed by atoms with Gasteiger partial charge in [-0.05, 0) is 17.3 Å². The van der Waals surface area contributed by atoms with Gasteiger partial charge in [-0.2, -0.15) is 0 Å². The van der Waals surface area contributed by atoms with Crippen LogP contribution in [0.15, 0.2) is 34.6 Å². The van der Waals surface area contributed by atoms with Crippen molar-refractivity contribution in [1.29, 1.82) is 0 Å². The van der Waals surface area contributed by atoms with Gasteiger partial charge in [-0.25, -0.2) is 0 Å². The fraction of sp³-hybridized carbons (Fsp3) is 0.273. The fourth-order valence-corrected chi connectivity index (χ4v) is 1.41. The number of benzene rings is 1. The molecule has 0 aliphatic carbocycles. The maximum Gasteiger partial charge on any atom is 0.286 e. The average molecular weight is 236 g/mol. The van der Waals surface area contributed by atoms with Gasteiger partial charge in [0.2, 0.25) is 0 Å². The Bertz CT molecular complexity index is 457. The van der Waals surface area contributed by atoms with E-state index in [9.17, 15) is 0 Å². The van der Waals surface area contributed by atoms with Crippen molar-refractivity contribution in [2.45, 2.75) is 0 Å². The van der Waals surface area contributed by atoms with Gasteiger partial charge in [0, 0.05) is 0 Å². The summed E-state index contributed by atoms with van der Waals surface area (Å²) in [5, 5.41) is 16.2. The molecule has 0 radical (unpaired) electrons. The predicted molar refractivity (Wildman–Crippen MR) is 61.1 cm³/mol. The van der Waals surface area contributed by atoms with Gasteiger partial charge in [0.1, 0.15) is 19.5 Å². The van der Waals surface area contributed by atoms with E-state index < -0.39 is 0 Å². The summed E-state index contributed by atoms with van der Waals surface area (Å²) < 4.78 is 5.45. The topological polar surface area (TPSA) is 72.6 Å². The van der Waals surface area contributed by atoms with E-state index in [-0.39, 0.29) is 19.1 Å². The molecule has 0 unspecified atom stereocenters. The van der Waals surface area contributed by atoms with Crippen LogP contribution in [-0.2, 0) is 9.68 Å². The van der Waals surface area contributed by atoms with Crippen molar-refractivity contribution in [2.24, 2.45) is 10.3 Å². The fourth-order valence-electron chi connectivity index (χ4n) is 1.41. The highest BCUT2D eigenvalue weighted by molar-refractivity contribution is 6.48. The summed E-state index contributed by atoms with van der Waals surface area (Å²) in [5.41, 5.74) is 1.27. The van der Waals surface area contributed by atoms with Crippen LogP contribution in [0, 0.1) is 0 Å². The van der Waals surface area contributed by atoms with Gasteiger partial charge >= 0.3 is 0 Å². The lowest BCUT2D eigenvalue weighted by Crippen LogP contribution is -2.15. The molecular formula is C11H12N2O4. The van der Waals surface area contributed by atoms with Crippen LogP contribution >= 0.6 is 0 Å². The molecule has 6 nitrogen and oxygen atoms in total. The van der Waals surface area contributed by atoms with Gasteiger partial charge in [0.05, 0.1) is 12.2 Å². The Morgan fingerprint density at radius 2 is 2.12 bits per heavy atom. The van der Waals surface area contributed by atoms with Gasteiger partial charge in [-0.3, -0.25) is 0 Å². The molecule has 1 aliphatic heterocycles. The second-order valence-electron chi connectivity index (χ2n) is 3.17. The van der Waals surface area contributed by atoms with E-state index in [4.69, 9.17) is 19.5 Å². The second kappa shape index (κ2) is 5.31. The molecule has 0 fully saturated rings. The summed E-state index contributed by atoms with van der Waals surface area (Å²) in [6.45, 7) is -0.00997. The average Bonchev–Trinajstić information content (AvgIpc) is 2.69. The van der Waals surface area contributed by atoms with E-state index in [0.717, 1.165) is 5.56 Å². The highest BCUT2D eigenvalue weighted by Crippen LogP contribution is 2.26. The summed E-state index contributed by atoms with van der Waals surface area (Å²) in [6, 6.07) is 7.36. The first-order valence-electron chi connectivity index (χ1n) is 5.06. The van der Waals surface area contributed by atoms with Crippen LogP contribution in [0.25, 0.3) is 0 Å². The van der Waals surface area contributed by atoms with Crippen molar-refractivity contribution in [2.75, 3.05) is 20.3 Å². The van der Waals surface area contributed by atoms with E-state index >= 15 is 0 Å². The number of hydrogen-bond acceptors (Lipinski definition) is 6. The summed E-state index contributed by atoms with van der Waals surface area (Å²) in [4.78, 5) is 9.59. The molecule has 0 amide bonds. The van der Waals surface area contributed by atoms with Crippen LogP contribution in [-0.4, -0.2) is 37.0 Å². The van der Waals surface area contributed by atoms with Crippen LogP contribution in [0.1, 0.15) is 5.56 Å². The molecule has 0 saturated carbocycles. The smallest absolute Gasteiger partial charge is 0.286 e. The zero-order valence-corrected chi connectivity index (χ0v) is 9.29. The lowest BCUT2D eigenvalue weighted by Gasteiger charge is -1.98. The Labute approximate surface area is 98.1 Å². The zero-order chi connectivity index (χ0) is 12.1. The van der Waals surface area contributed by atoms with Crippen LogP contribution < -0.4 is 4.74 Å². The molecule has 0 spiro atoms. The number of para-hydroxylation sites is 1. The van der Waals surface area contributed by atoms with Crippen LogP contribution in [0.4, 0.5) is 0 Å². The molecule has 1 N–H and O–H groups in total. The molecule has 1 aromatic rings. The monoisotopic (exact) mass is 236 g/mol. The molecule has 6 heteroatoms. The maximum absolute atomic E-state index is 8.59. The molecule has 0 atom stereocenters. The van der Waals surface area contributed by atoms with Gasteiger partial charge in [-0.1, -0.05) is 17.3 Å². The van der Waals surface area contributed by atoms with E-state index in [1.165, 1.54) is 7.11 Å². The zero-order valence-electron chi connectivity index (χ0n) is 9.29. The molecule has 0 bridgehead atoms. The number of nitrogens with zero attached hydrogens (tertiary/aromatic N) is 2. The van der Waals surface area contributed by atoms with Crippen molar-refractivity contribution in [3.8, 4) is 5.75 Å². The Kier molecular flexibility index (Phi) is 3.56. The van der Waals surface area contributed by atoms with E-state index in [1.807, 2.05) is 18.2 Å². The van der Waals surface area contributed by atoms with E-state index in [0.29, 0.717) is 11.5 Å². The number of aliphatic hydroxyl groups is 1. The van der Waals surface area contributed by atoms with Crippen LogP contribution in [0.2, 0.25) is 0 Å². The molecule has 1 heterocycles. The molecule has 0 aromatic heterocycles. The Morgan fingerprint density at radius 3 is 2.88 bits per heavy atom. The third kappa shape index (κ3) is 2.36. The largest absolute Gasteiger partial charge is 0.434 e. The summed E-state index contributed by atoms with van der Waals surface area (Å²) in [6.07, 6.45) is 0. The van der Waals surface area contributed by atoms with E-state index in [1.54, 1.807) is 6.07 Å². The maximum atomic E-state index is 8.59. The summed E-state index contributed by atoms with van der Waals surface area (Å²) in [7, 11) is 1.44. The summed E-state index contributed by atoms with van der Waals surface area (Å²) in [5.74, 6) is 0.871. The van der Waals surface area contributed by atoms with Crippen molar-refractivity contribution in [1.82, 2.24) is 0 Å². The highest BCUT2D eigenvalue weighted by atomic mass is 16.7.